The summed E-state index contributed by atoms with van der Waals surface area (Å²) >= 11 is 5.91. The largest absolute Gasteiger partial charge is 0.417 e. The summed E-state index contributed by atoms with van der Waals surface area (Å²) in [7, 11) is 0. The molecule has 2 rings (SSSR count). The first kappa shape index (κ1) is 14.4. The van der Waals surface area contributed by atoms with E-state index in [4.69, 9.17) is 11.6 Å². The van der Waals surface area contributed by atoms with E-state index in [2.05, 4.69) is 4.98 Å². The lowest BCUT2D eigenvalue weighted by atomic mass is 10.0. The van der Waals surface area contributed by atoms with Gasteiger partial charge in [0.25, 0.3) is 0 Å². The summed E-state index contributed by atoms with van der Waals surface area (Å²) in [6.45, 7) is 0.586. The summed E-state index contributed by atoms with van der Waals surface area (Å²) in [6, 6.07) is 0.753. The first-order valence-electron chi connectivity index (χ1n) is 6.03. The SMILES string of the molecule is OC[C@@H]1CCCCN1c1ncc(C(F)(F)F)cc1Cl. The minimum absolute atomic E-state index is 0.0322. The highest BCUT2D eigenvalue weighted by Gasteiger charge is 2.33. The van der Waals surface area contributed by atoms with Crippen LogP contribution in [0, 0.1) is 0 Å². The second-order valence-electron chi connectivity index (χ2n) is 4.55. The molecular formula is C12H14ClF3N2O. The van der Waals surface area contributed by atoms with Crippen LogP contribution in [0.1, 0.15) is 24.8 Å². The Morgan fingerprint density at radius 2 is 2.16 bits per heavy atom. The van der Waals surface area contributed by atoms with Crippen molar-refractivity contribution in [1.82, 2.24) is 4.98 Å². The third-order valence-electron chi connectivity index (χ3n) is 3.26. The van der Waals surface area contributed by atoms with E-state index in [-0.39, 0.29) is 17.7 Å². The van der Waals surface area contributed by atoms with E-state index >= 15 is 0 Å². The quantitative estimate of drug-likeness (QED) is 0.910. The molecular weight excluding hydrogens is 281 g/mol. The van der Waals surface area contributed by atoms with Gasteiger partial charge in [0.15, 0.2) is 0 Å². The maximum absolute atomic E-state index is 12.5. The van der Waals surface area contributed by atoms with Crippen LogP contribution in [0.25, 0.3) is 0 Å². The van der Waals surface area contributed by atoms with Crippen LogP contribution in [0.3, 0.4) is 0 Å². The molecule has 1 N–H and O–H groups in total. The van der Waals surface area contributed by atoms with Crippen LogP contribution in [0.2, 0.25) is 5.02 Å². The lowest BCUT2D eigenvalue weighted by molar-refractivity contribution is -0.137. The van der Waals surface area contributed by atoms with Crippen LogP contribution in [0.5, 0.6) is 0 Å². The Bertz CT molecular complexity index is 453. The molecule has 1 aromatic rings. The smallest absolute Gasteiger partial charge is 0.394 e. The lowest BCUT2D eigenvalue weighted by Gasteiger charge is -2.36. The highest BCUT2D eigenvalue weighted by Crippen LogP contribution is 2.35. The van der Waals surface area contributed by atoms with Crippen molar-refractivity contribution >= 4 is 17.4 Å². The molecule has 19 heavy (non-hydrogen) atoms. The Labute approximate surface area is 114 Å². The molecule has 1 aliphatic rings. The number of alkyl halides is 3. The Morgan fingerprint density at radius 3 is 2.74 bits per heavy atom. The molecule has 0 aliphatic carbocycles. The molecule has 0 spiro atoms. The fourth-order valence-corrected chi connectivity index (χ4v) is 2.54. The van der Waals surface area contributed by atoms with Gasteiger partial charge < -0.3 is 10.0 Å². The zero-order valence-corrected chi connectivity index (χ0v) is 10.9. The van der Waals surface area contributed by atoms with Crippen molar-refractivity contribution in [3.8, 4) is 0 Å². The van der Waals surface area contributed by atoms with E-state index in [0.29, 0.717) is 12.4 Å². The number of aromatic nitrogens is 1. The van der Waals surface area contributed by atoms with Crippen LogP contribution in [0.4, 0.5) is 19.0 Å². The topological polar surface area (TPSA) is 36.4 Å². The van der Waals surface area contributed by atoms with E-state index in [1.807, 2.05) is 0 Å². The van der Waals surface area contributed by atoms with Gasteiger partial charge in [0.2, 0.25) is 0 Å². The van der Waals surface area contributed by atoms with Gasteiger partial charge in [0.1, 0.15) is 5.82 Å². The number of hydrogen-bond donors (Lipinski definition) is 1. The van der Waals surface area contributed by atoms with E-state index < -0.39 is 11.7 Å². The molecule has 1 aliphatic heterocycles. The molecule has 0 aromatic carbocycles. The molecule has 2 heterocycles. The third-order valence-corrected chi connectivity index (χ3v) is 3.54. The van der Waals surface area contributed by atoms with E-state index in [0.717, 1.165) is 31.5 Å². The van der Waals surface area contributed by atoms with Crippen molar-refractivity contribution in [2.24, 2.45) is 0 Å². The van der Waals surface area contributed by atoms with E-state index in [1.54, 1.807) is 4.90 Å². The number of halogens is 4. The molecule has 106 valence electrons. The molecule has 0 amide bonds. The van der Waals surface area contributed by atoms with Crippen molar-refractivity contribution < 1.29 is 18.3 Å². The van der Waals surface area contributed by atoms with Gasteiger partial charge in [-0.2, -0.15) is 13.2 Å². The van der Waals surface area contributed by atoms with Crippen molar-refractivity contribution in [3.63, 3.8) is 0 Å². The highest BCUT2D eigenvalue weighted by molar-refractivity contribution is 6.33. The van der Waals surface area contributed by atoms with Crippen molar-refractivity contribution in [2.45, 2.75) is 31.5 Å². The number of piperidine rings is 1. The molecule has 1 aromatic heterocycles. The van der Waals surface area contributed by atoms with Gasteiger partial charge in [-0.1, -0.05) is 11.6 Å². The number of nitrogens with zero attached hydrogens (tertiary/aromatic N) is 2. The summed E-state index contributed by atoms with van der Waals surface area (Å²) in [6.07, 6.45) is -0.983. The molecule has 0 radical (unpaired) electrons. The van der Waals surface area contributed by atoms with Crippen molar-refractivity contribution in [1.29, 1.82) is 0 Å². The third kappa shape index (κ3) is 3.12. The lowest BCUT2D eigenvalue weighted by Crippen LogP contribution is -2.42. The van der Waals surface area contributed by atoms with Crippen molar-refractivity contribution in [2.75, 3.05) is 18.1 Å². The fraction of sp³-hybridized carbons (Fsp3) is 0.583. The van der Waals surface area contributed by atoms with Crippen LogP contribution in [0.15, 0.2) is 12.3 Å². The monoisotopic (exact) mass is 294 g/mol. The normalized spacial score (nSPS) is 20.7. The molecule has 0 saturated carbocycles. The second kappa shape index (κ2) is 5.54. The van der Waals surface area contributed by atoms with Crippen molar-refractivity contribution in [3.05, 3.63) is 22.8 Å². The average molecular weight is 295 g/mol. The maximum atomic E-state index is 12.5. The summed E-state index contributed by atoms with van der Waals surface area (Å²) in [5.74, 6) is 0.313. The fourth-order valence-electron chi connectivity index (χ4n) is 2.27. The van der Waals surface area contributed by atoms with E-state index in [9.17, 15) is 18.3 Å². The van der Waals surface area contributed by atoms with Crippen LogP contribution < -0.4 is 4.90 Å². The van der Waals surface area contributed by atoms with Gasteiger partial charge in [-0.3, -0.25) is 0 Å². The summed E-state index contributed by atoms with van der Waals surface area (Å²) in [4.78, 5) is 5.61. The maximum Gasteiger partial charge on any atom is 0.417 e. The Morgan fingerprint density at radius 1 is 1.42 bits per heavy atom. The van der Waals surface area contributed by atoms with Crippen LogP contribution >= 0.6 is 11.6 Å². The molecule has 1 fully saturated rings. The Kier molecular flexibility index (Phi) is 4.20. The zero-order valence-electron chi connectivity index (χ0n) is 10.1. The average Bonchev–Trinajstić information content (AvgIpc) is 2.37. The first-order chi connectivity index (χ1) is 8.93. The number of aliphatic hydroxyl groups excluding tert-OH is 1. The standard InChI is InChI=1S/C12H14ClF3N2O/c13-10-5-8(12(14,15)16)6-17-11(10)18-4-2-1-3-9(18)7-19/h5-6,9,19H,1-4,7H2/t9-/m0/s1. The molecule has 1 saturated heterocycles. The first-order valence-corrected chi connectivity index (χ1v) is 6.41. The second-order valence-corrected chi connectivity index (χ2v) is 4.96. The van der Waals surface area contributed by atoms with Crippen LogP contribution in [-0.2, 0) is 6.18 Å². The molecule has 1 atom stereocenters. The molecule has 7 heteroatoms. The Balaban J connectivity index is 2.30. The zero-order chi connectivity index (χ0) is 14.0. The molecule has 0 unspecified atom stereocenters. The number of aliphatic hydroxyl groups is 1. The summed E-state index contributed by atoms with van der Waals surface area (Å²) < 4.78 is 37.6. The predicted molar refractivity (Wildman–Crippen MR) is 66.3 cm³/mol. The summed E-state index contributed by atoms with van der Waals surface area (Å²) in [5.41, 5.74) is -0.862. The minimum Gasteiger partial charge on any atom is -0.394 e. The molecule has 0 bridgehead atoms. The van der Waals surface area contributed by atoms with E-state index in [1.165, 1.54) is 0 Å². The predicted octanol–water partition coefficient (Wildman–Crippen LogP) is 3.11. The van der Waals surface area contributed by atoms with Gasteiger partial charge in [0.05, 0.1) is 23.2 Å². The number of anilines is 1. The minimum atomic E-state index is -4.45. The van der Waals surface area contributed by atoms with Gasteiger partial charge in [-0.05, 0) is 25.3 Å². The number of rotatable bonds is 2. The Hall–Kier alpha value is -1.01. The van der Waals surface area contributed by atoms with Gasteiger partial charge in [-0.25, -0.2) is 4.98 Å². The van der Waals surface area contributed by atoms with Gasteiger partial charge in [0, 0.05) is 12.7 Å². The molecule has 3 nitrogen and oxygen atoms in total. The van der Waals surface area contributed by atoms with Gasteiger partial charge >= 0.3 is 6.18 Å². The highest BCUT2D eigenvalue weighted by atomic mass is 35.5. The van der Waals surface area contributed by atoms with Gasteiger partial charge in [-0.15, -0.1) is 0 Å². The van der Waals surface area contributed by atoms with Crippen LogP contribution in [-0.4, -0.2) is 29.3 Å². The number of pyridine rings is 1. The number of hydrogen-bond acceptors (Lipinski definition) is 3. The summed E-state index contributed by atoms with van der Waals surface area (Å²) in [5, 5.41) is 9.27.